The van der Waals surface area contributed by atoms with Crippen molar-refractivity contribution in [3.63, 3.8) is 0 Å². The molecule has 2 rings (SSSR count). The number of rotatable bonds is 5. The van der Waals surface area contributed by atoms with Gasteiger partial charge in [-0.1, -0.05) is 12.5 Å². The second-order valence-corrected chi connectivity index (χ2v) is 6.99. The lowest BCUT2D eigenvalue weighted by Gasteiger charge is -2.29. The molecule has 1 aliphatic rings. The minimum absolute atomic E-state index is 0. The summed E-state index contributed by atoms with van der Waals surface area (Å²) in [5.41, 5.74) is 0.509. The summed E-state index contributed by atoms with van der Waals surface area (Å²) in [6, 6.07) is 4.14. The Morgan fingerprint density at radius 1 is 1.33 bits per heavy atom. The van der Waals surface area contributed by atoms with Crippen molar-refractivity contribution in [1.29, 1.82) is 0 Å². The third kappa shape index (κ3) is 6.74. The summed E-state index contributed by atoms with van der Waals surface area (Å²) in [7, 11) is 1.74. The number of nitrogens with zero attached hydrogens (tertiary/aromatic N) is 1. The molecule has 0 heterocycles. The molecule has 2 N–H and O–H groups in total. The van der Waals surface area contributed by atoms with E-state index in [0.29, 0.717) is 29.8 Å². The largest absolute Gasteiger partial charge is 0.356 e. The Morgan fingerprint density at radius 2 is 2.12 bits per heavy atom. The molecule has 2 atom stereocenters. The maximum atomic E-state index is 13.6. The number of guanidine groups is 1. The highest BCUT2D eigenvalue weighted by molar-refractivity contribution is 14.0. The molecule has 1 aromatic rings. The van der Waals surface area contributed by atoms with E-state index in [9.17, 15) is 8.78 Å². The predicted octanol–water partition coefficient (Wildman–Crippen LogP) is 3.96. The van der Waals surface area contributed by atoms with E-state index in [-0.39, 0.29) is 24.0 Å². The lowest BCUT2D eigenvalue weighted by atomic mass is 9.95. The number of halogens is 3. The fraction of sp³-hybridized carbons (Fsp3) is 0.588. The second-order valence-electron chi connectivity index (χ2n) is 5.85. The summed E-state index contributed by atoms with van der Waals surface area (Å²) >= 11 is 1.93. The summed E-state index contributed by atoms with van der Waals surface area (Å²) in [6.07, 6.45) is 7.48. The number of aliphatic imine (C=N–C) groups is 1. The lowest BCUT2D eigenvalue weighted by Crippen LogP contribution is -2.46. The summed E-state index contributed by atoms with van der Waals surface area (Å²) in [4.78, 5) is 4.23. The van der Waals surface area contributed by atoms with E-state index in [0.717, 1.165) is 24.9 Å². The normalized spacial score (nSPS) is 21.1. The van der Waals surface area contributed by atoms with E-state index >= 15 is 0 Å². The molecule has 7 heteroatoms. The first-order chi connectivity index (χ1) is 11.1. The van der Waals surface area contributed by atoms with Gasteiger partial charge in [-0.25, -0.2) is 8.78 Å². The Morgan fingerprint density at radius 3 is 2.79 bits per heavy atom. The van der Waals surface area contributed by atoms with Crippen molar-refractivity contribution in [3.05, 3.63) is 35.4 Å². The van der Waals surface area contributed by atoms with E-state index in [1.165, 1.54) is 25.0 Å². The highest BCUT2D eigenvalue weighted by Crippen LogP contribution is 2.26. The summed E-state index contributed by atoms with van der Waals surface area (Å²) in [6.45, 7) is 0.556. The van der Waals surface area contributed by atoms with Crippen molar-refractivity contribution in [3.8, 4) is 0 Å². The molecule has 1 aliphatic carbocycles. The van der Waals surface area contributed by atoms with Crippen LogP contribution in [0.1, 0.15) is 31.2 Å². The van der Waals surface area contributed by atoms with Crippen LogP contribution in [0.4, 0.5) is 8.78 Å². The zero-order chi connectivity index (χ0) is 16.7. The summed E-state index contributed by atoms with van der Waals surface area (Å²) in [5, 5.41) is 7.38. The lowest BCUT2D eigenvalue weighted by molar-refractivity contribution is 0.419. The van der Waals surface area contributed by atoms with Crippen molar-refractivity contribution in [1.82, 2.24) is 10.6 Å². The highest BCUT2D eigenvalue weighted by atomic mass is 127. The predicted molar refractivity (Wildman–Crippen MR) is 110 cm³/mol. The average molecular weight is 469 g/mol. The van der Waals surface area contributed by atoms with Crippen molar-refractivity contribution in [2.75, 3.05) is 19.8 Å². The first-order valence-corrected chi connectivity index (χ1v) is 9.35. The number of hydrogen-bond acceptors (Lipinski definition) is 2. The van der Waals surface area contributed by atoms with Gasteiger partial charge in [0.25, 0.3) is 0 Å². The van der Waals surface area contributed by atoms with E-state index in [1.54, 1.807) is 7.05 Å². The molecular formula is C17H26F2IN3S. The van der Waals surface area contributed by atoms with Crippen molar-refractivity contribution < 1.29 is 8.78 Å². The fourth-order valence-corrected chi connectivity index (χ4v) is 3.75. The number of hydrogen-bond donors (Lipinski definition) is 2. The summed E-state index contributed by atoms with van der Waals surface area (Å²) < 4.78 is 26.5. The van der Waals surface area contributed by atoms with Crippen LogP contribution in [0.25, 0.3) is 0 Å². The molecule has 0 aliphatic heterocycles. The Labute approximate surface area is 164 Å². The van der Waals surface area contributed by atoms with Gasteiger partial charge in [-0.2, -0.15) is 11.8 Å². The van der Waals surface area contributed by atoms with Gasteiger partial charge in [0.1, 0.15) is 11.6 Å². The molecule has 0 saturated heterocycles. The van der Waals surface area contributed by atoms with Crippen LogP contribution >= 0.6 is 35.7 Å². The van der Waals surface area contributed by atoms with Gasteiger partial charge in [-0.15, -0.1) is 24.0 Å². The van der Waals surface area contributed by atoms with E-state index in [4.69, 9.17) is 0 Å². The number of benzene rings is 1. The van der Waals surface area contributed by atoms with E-state index in [1.807, 2.05) is 11.8 Å². The Balaban J connectivity index is 0.00000288. The highest BCUT2D eigenvalue weighted by Gasteiger charge is 2.21. The van der Waals surface area contributed by atoms with Gasteiger partial charge in [0, 0.05) is 31.0 Å². The average Bonchev–Trinajstić information content (AvgIpc) is 2.56. The van der Waals surface area contributed by atoms with Crippen LogP contribution in [0.3, 0.4) is 0 Å². The topological polar surface area (TPSA) is 36.4 Å². The molecule has 1 saturated carbocycles. The Bertz CT molecular complexity index is 543. The third-order valence-corrected chi connectivity index (χ3v) is 5.32. The zero-order valence-corrected chi connectivity index (χ0v) is 17.3. The number of nitrogens with one attached hydrogen (secondary N) is 2. The molecule has 0 spiro atoms. The van der Waals surface area contributed by atoms with Crippen LogP contribution in [0.5, 0.6) is 0 Å². The molecule has 24 heavy (non-hydrogen) atoms. The van der Waals surface area contributed by atoms with Gasteiger partial charge in [-0.05, 0) is 43.6 Å². The molecule has 136 valence electrons. The zero-order valence-electron chi connectivity index (χ0n) is 14.1. The molecule has 1 aromatic carbocycles. The minimum Gasteiger partial charge on any atom is -0.356 e. The van der Waals surface area contributed by atoms with Crippen molar-refractivity contribution in [2.45, 2.75) is 43.4 Å². The van der Waals surface area contributed by atoms with Gasteiger partial charge in [0.05, 0.1) is 0 Å². The monoisotopic (exact) mass is 469 g/mol. The van der Waals surface area contributed by atoms with Crippen LogP contribution in [-0.4, -0.2) is 37.1 Å². The SMILES string of the molecule is CN=C(NCCc1ccc(F)cc1F)NC1CCCC(SC)C1.I. The second kappa shape index (κ2) is 11.1. The Hall–Kier alpha value is -0.570. The fourth-order valence-electron chi connectivity index (χ4n) is 2.92. The quantitative estimate of drug-likeness (QED) is 0.390. The van der Waals surface area contributed by atoms with Gasteiger partial charge in [-0.3, -0.25) is 4.99 Å². The molecule has 0 aromatic heterocycles. The van der Waals surface area contributed by atoms with Gasteiger partial charge >= 0.3 is 0 Å². The minimum atomic E-state index is -0.544. The molecule has 1 fully saturated rings. The smallest absolute Gasteiger partial charge is 0.191 e. The molecule has 0 amide bonds. The molecular weight excluding hydrogens is 443 g/mol. The van der Waals surface area contributed by atoms with Gasteiger partial charge in [0.15, 0.2) is 5.96 Å². The molecule has 0 radical (unpaired) electrons. The van der Waals surface area contributed by atoms with Gasteiger partial charge < -0.3 is 10.6 Å². The number of thioether (sulfide) groups is 1. The van der Waals surface area contributed by atoms with E-state index in [2.05, 4.69) is 21.9 Å². The van der Waals surface area contributed by atoms with Crippen LogP contribution in [-0.2, 0) is 6.42 Å². The van der Waals surface area contributed by atoms with Gasteiger partial charge in [0.2, 0.25) is 0 Å². The first kappa shape index (κ1) is 21.5. The van der Waals surface area contributed by atoms with Crippen LogP contribution in [0, 0.1) is 11.6 Å². The molecule has 3 nitrogen and oxygen atoms in total. The maximum absolute atomic E-state index is 13.6. The van der Waals surface area contributed by atoms with Crippen molar-refractivity contribution in [2.24, 2.45) is 4.99 Å². The molecule has 2 unspecified atom stereocenters. The molecule has 0 bridgehead atoms. The summed E-state index contributed by atoms with van der Waals surface area (Å²) in [5.74, 6) is -0.290. The third-order valence-electron chi connectivity index (χ3n) is 4.23. The van der Waals surface area contributed by atoms with Crippen LogP contribution in [0.2, 0.25) is 0 Å². The maximum Gasteiger partial charge on any atom is 0.191 e. The van der Waals surface area contributed by atoms with E-state index < -0.39 is 11.6 Å². The first-order valence-electron chi connectivity index (χ1n) is 8.06. The van der Waals surface area contributed by atoms with Crippen molar-refractivity contribution >= 4 is 41.7 Å². The van der Waals surface area contributed by atoms with Crippen LogP contribution < -0.4 is 10.6 Å². The Kier molecular flexibility index (Phi) is 9.95. The standard InChI is InChI=1S/C17H25F2N3S.HI/c1-20-17(22-14-4-3-5-15(11-14)23-2)21-9-8-12-6-7-13(18)10-16(12)19;/h6-7,10,14-15H,3-5,8-9,11H2,1-2H3,(H2,20,21,22);1H. The van der Waals surface area contributed by atoms with Crippen LogP contribution in [0.15, 0.2) is 23.2 Å².